The molecule has 1 saturated heterocycles. The molecule has 1 N–H and O–H groups in total. The summed E-state index contributed by atoms with van der Waals surface area (Å²) < 4.78 is 0. The van der Waals surface area contributed by atoms with Crippen LogP contribution in [0.1, 0.15) is 30.8 Å². The van der Waals surface area contributed by atoms with Gasteiger partial charge in [0.1, 0.15) is 23.7 Å². The number of nitrogens with zero attached hydrogens (tertiary/aromatic N) is 5. The maximum atomic E-state index is 12.7. The van der Waals surface area contributed by atoms with Crippen LogP contribution in [0.5, 0.6) is 0 Å². The maximum absolute atomic E-state index is 12.7. The van der Waals surface area contributed by atoms with Gasteiger partial charge in [0.2, 0.25) is 0 Å². The lowest BCUT2D eigenvalue weighted by Gasteiger charge is -2.35. The van der Waals surface area contributed by atoms with E-state index in [1.807, 2.05) is 23.1 Å². The Bertz CT molecular complexity index is 700. The number of carbonyl (C=O) groups excluding carboxylic acids is 1. The largest absolute Gasteiger partial charge is 0.368 e. The molecule has 1 fully saturated rings. The lowest BCUT2D eigenvalue weighted by Crippen LogP contribution is -2.49. The zero-order valence-electron chi connectivity index (χ0n) is 14.7. The van der Waals surface area contributed by atoms with Gasteiger partial charge in [-0.05, 0) is 25.5 Å². The minimum absolute atomic E-state index is 0.0460. The Morgan fingerprint density at radius 2 is 2.00 bits per heavy atom. The van der Waals surface area contributed by atoms with E-state index < -0.39 is 0 Å². The summed E-state index contributed by atoms with van der Waals surface area (Å²) in [5, 5.41) is 3.28. The van der Waals surface area contributed by atoms with Crippen LogP contribution in [-0.4, -0.2) is 58.0 Å². The summed E-state index contributed by atoms with van der Waals surface area (Å²) in [5.74, 6) is 1.60. The lowest BCUT2D eigenvalue weighted by molar-refractivity contribution is 0.0740. The molecule has 0 aromatic carbocycles. The van der Waals surface area contributed by atoms with Crippen molar-refractivity contribution in [3.05, 3.63) is 42.5 Å². The zero-order chi connectivity index (χ0) is 17.6. The summed E-state index contributed by atoms with van der Waals surface area (Å²) in [6.07, 6.45) is 4.23. The quantitative estimate of drug-likeness (QED) is 0.898. The minimum atomic E-state index is -0.0460. The molecular weight excluding hydrogens is 316 g/mol. The second kappa shape index (κ2) is 7.92. The van der Waals surface area contributed by atoms with Crippen molar-refractivity contribution in [1.29, 1.82) is 0 Å². The van der Waals surface area contributed by atoms with Crippen molar-refractivity contribution < 1.29 is 4.79 Å². The van der Waals surface area contributed by atoms with Crippen molar-refractivity contribution in [2.45, 2.75) is 26.3 Å². The van der Waals surface area contributed by atoms with Gasteiger partial charge >= 0.3 is 0 Å². The van der Waals surface area contributed by atoms with E-state index in [1.54, 1.807) is 12.3 Å². The van der Waals surface area contributed by atoms with Crippen LogP contribution in [0, 0.1) is 0 Å². The number of anilines is 2. The van der Waals surface area contributed by atoms with Gasteiger partial charge in [-0.3, -0.25) is 4.79 Å². The molecule has 25 heavy (non-hydrogen) atoms. The Morgan fingerprint density at radius 1 is 1.20 bits per heavy atom. The summed E-state index contributed by atoms with van der Waals surface area (Å²) in [6, 6.07) is 7.92. The summed E-state index contributed by atoms with van der Waals surface area (Å²) in [4.78, 5) is 29.5. The van der Waals surface area contributed by atoms with Crippen molar-refractivity contribution in [2.24, 2.45) is 0 Å². The lowest BCUT2D eigenvalue weighted by atomic mass is 10.2. The van der Waals surface area contributed by atoms with Crippen LogP contribution in [0.4, 0.5) is 11.6 Å². The zero-order valence-corrected chi connectivity index (χ0v) is 14.7. The molecule has 2 aromatic heterocycles. The third kappa shape index (κ3) is 4.23. The molecule has 0 saturated carbocycles. The molecule has 7 nitrogen and oxygen atoms in total. The van der Waals surface area contributed by atoms with E-state index in [0.717, 1.165) is 25.3 Å². The molecule has 0 radical (unpaired) electrons. The smallest absolute Gasteiger partial charge is 0.272 e. The fourth-order valence-corrected chi connectivity index (χ4v) is 2.75. The predicted octanol–water partition coefficient (Wildman–Crippen LogP) is 2.04. The number of carbonyl (C=O) groups is 1. The van der Waals surface area contributed by atoms with Crippen LogP contribution in [0.15, 0.2) is 36.8 Å². The van der Waals surface area contributed by atoms with Crippen molar-refractivity contribution in [2.75, 3.05) is 36.4 Å². The molecule has 1 aliphatic heterocycles. The van der Waals surface area contributed by atoms with Crippen molar-refractivity contribution in [3.63, 3.8) is 0 Å². The highest BCUT2D eigenvalue weighted by molar-refractivity contribution is 5.93. The summed E-state index contributed by atoms with van der Waals surface area (Å²) in [6.45, 7) is 7.05. The van der Waals surface area contributed by atoms with E-state index in [0.29, 0.717) is 30.6 Å². The Kier molecular flexibility index (Phi) is 5.42. The average Bonchev–Trinajstić information content (AvgIpc) is 2.68. The Balaban J connectivity index is 1.62. The van der Waals surface area contributed by atoms with Gasteiger partial charge in [-0.2, -0.15) is 0 Å². The molecule has 3 rings (SSSR count). The van der Waals surface area contributed by atoms with Crippen LogP contribution in [0.25, 0.3) is 0 Å². The number of amides is 1. The number of pyridine rings is 1. The van der Waals surface area contributed by atoms with E-state index in [9.17, 15) is 4.79 Å². The van der Waals surface area contributed by atoms with Crippen LogP contribution in [0.2, 0.25) is 0 Å². The van der Waals surface area contributed by atoms with Crippen molar-refractivity contribution >= 4 is 17.5 Å². The van der Waals surface area contributed by atoms with Crippen LogP contribution >= 0.6 is 0 Å². The monoisotopic (exact) mass is 340 g/mol. The standard InChI is InChI=1S/C18H24N6O/c1-3-14(2)22-16-12-15(20-13-21-16)18(25)24-10-8-23(9-11-24)17-6-4-5-7-19-17/h4-7,12-14H,3,8-11H2,1-2H3,(H,20,21,22). The molecule has 0 spiro atoms. The van der Waals surface area contributed by atoms with Crippen molar-refractivity contribution in [3.8, 4) is 0 Å². The van der Waals surface area contributed by atoms with Gasteiger partial charge in [-0.15, -0.1) is 0 Å². The number of aromatic nitrogens is 3. The number of nitrogens with one attached hydrogen (secondary N) is 1. The molecule has 2 aromatic rings. The van der Waals surface area contributed by atoms with Gasteiger partial charge in [-0.25, -0.2) is 15.0 Å². The second-order valence-electron chi connectivity index (χ2n) is 6.21. The van der Waals surface area contributed by atoms with E-state index in [1.165, 1.54) is 6.33 Å². The Morgan fingerprint density at radius 3 is 2.68 bits per heavy atom. The van der Waals surface area contributed by atoms with Crippen LogP contribution < -0.4 is 10.2 Å². The number of piperazine rings is 1. The van der Waals surface area contributed by atoms with E-state index in [4.69, 9.17) is 0 Å². The number of hydrogen-bond acceptors (Lipinski definition) is 6. The van der Waals surface area contributed by atoms with Crippen molar-refractivity contribution in [1.82, 2.24) is 19.9 Å². The summed E-state index contributed by atoms with van der Waals surface area (Å²) >= 11 is 0. The molecule has 1 amide bonds. The first-order chi connectivity index (χ1) is 12.2. The molecule has 1 aliphatic rings. The Hall–Kier alpha value is -2.70. The summed E-state index contributed by atoms with van der Waals surface area (Å²) in [7, 11) is 0. The first-order valence-electron chi connectivity index (χ1n) is 8.71. The number of hydrogen-bond donors (Lipinski definition) is 1. The molecule has 0 bridgehead atoms. The van der Waals surface area contributed by atoms with E-state index in [2.05, 4.69) is 39.0 Å². The summed E-state index contributed by atoms with van der Waals surface area (Å²) in [5.41, 5.74) is 0.437. The first-order valence-corrected chi connectivity index (χ1v) is 8.71. The van der Waals surface area contributed by atoms with Crippen LogP contribution in [0.3, 0.4) is 0 Å². The third-order valence-electron chi connectivity index (χ3n) is 4.43. The normalized spacial score (nSPS) is 15.8. The fourth-order valence-electron chi connectivity index (χ4n) is 2.75. The maximum Gasteiger partial charge on any atom is 0.272 e. The molecule has 1 unspecified atom stereocenters. The number of rotatable bonds is 5. The molecular formula is C18H24N6O. The van der Waals surface area contributed by atoms with Gasteiger partial charge in [0.25, 0.3) is 5.91 Å². The predicted molar refractivity (Wildman–Crippen MR) is 97.8 cm³/mol. The molecule has 1 atom stereocenters. The van der Waals surface area contributed by atoms with Gasteiger partial charge in [0, 0.05) is 44.5 Å². The molecule has 0 aliphatic carbocycles. The van der Waals surface area contributed by atoms with Gasteiger partial charge in [-0.1, -0.05) is 13.0 Å². The highest BCUT2D eigenvalue weighted by atomic mass is 16.2. The highest BCUT2D eigenvalue weighted by Crippen LogP contribution is 2.15. The first kappa shape index (κ1) is 17.1. The van der Waals surface area contributed by atoms with E-state index >= 15 is 0 Å². The molecule has 132 valence electrons. The minimum Gasteiger partial charge on any atom is -0.368 e. The van der Waals surface area contributed by atoms with Gasteiger partial charge in [0.05, 0.1) is 0 Å². The molecule has 7 heteroatoms. The van der Waals surface area contributed by atoms with Gasteiger partial charge < -0.3 is 15.1 Å². The highest BCUT2D eigenvalue weighted by Gasteiger charge is 2.23. The Labute approximate surface area is 148 Å². The second-order valence-corrected chi connectivity index (χ2v) is 6.21. The van der Waals surface area contributed by atoms with E-state index in [-0.39, 0.29) is 5.91 Å². The SMILES string of the molecule is CCC(C)Nc1cc(C(=O)N2CCN(c3ccccn3)CC2)ncn1. The molecule has 3 heterocycles. The van der Waals surface area contributed by atoms with Crippen LogP contribution in [-0.2, 0) is 0 Å². The topological polar surface area (TPSA) is 74.2 Å². The third-order valence-corrected chi connectivity index (χ3v) is 4.43. The van der Waals surface area contributed by atoms with Gasteiger partial charge in [0.15, 0.2) is 0 Å². The average molecular weight is 340 g/mol. The fraction of sp³-hybridized carbons (Fsp3) is 0.444.